The molecule has 1 aliphatic rings. The fraction of sp³-hybridized carbons (Fsp3) is 0.304. The van der Waals surface area contributed by atoms with Gasteiger partial charge in [0, 0.05) is 11.5 Å². The Kier molecular flexibility index (Phi) is 4.71. The molecule has 1 aliphatic carbocycles. The molecule has 0 aromatic heterocycles. The first-order valence-corrected chi connectivity index (χ1v) is 8.92. The van der Waals surface area contributed by atoms with Gasteiger partial charge in [-0.3, -0.25) is 0 Å². The lowest BCUT2D eigenvalue weighted by Crippen LogP contribution is -2.16. The molecular weight excluding hydrogens is 308 g/mol. The smallest absolute Gasteiger partial charge is 0.119 e. The second-order valence-corrected chi connectivity index (χ2v) is 7.42. The highest BCUT2D eigenvalue weighted by molar-refractivity contribution is 5.76. The van der Waals surface area contributed by atoms with Crippen LogP contribution in [0.4, 0.5) is 0 Å². The van der Waals surface area contributed by atoms with Gasteiger partial charge in [-0.25, -0.2) is 0 Å². The molecule has 130 valence electrons. The van der Waals surface area contributed by atoms with Crippen molar-refractivity contribution in [1.29, 1.82) is 0 Å². The van der Waals surface area contributed by atoms with E-state index in [1.165, 1.54) is 11.1 Å². The summed E-state index contributed by atoms with van der Waals surface area (Å²) in [7, 11) is 0. The molecule has 3 rings (SSSR count). The van der Waals surface area contributed by atoms with Gasteiger partial charge >= 0.3 is 0 Å². The quantitative estimate of drug-likeness (QED) is 0.729. The van der Waals surface area contributed by atoms with Crippen LogP contribution in [0.3, 0.4) is 0 Å². The summed E-state index contributed by atoms with van der Waals surface area (Å²) < 4.78 is 0. The minimum atomic E-state index is -0.0480. The Hall–Kier alpha value is -2.48. The number of aromatic hydroxyl groups is 2. The average Bonchev–Trinajstić information content (AvgIpc) is 2.63. The van der Waals surface area contributed by atoms with Crippen molar-refractivity contribution in [3.8, 4) is 11.5 Å². The first kappa shape index (κ1) is 17.3. The lowest BCUT2D eigenvalue weighted by atomic mass is 9.80. The molecule has 0 amide bonds. The predicted molar refractivity (Wildman–Crippen MR) is 104 cm³/mol. The molecule has 1 unspecified atom stereocenters. The molecule has 2 N–H and O–H groups in total. The van der Waals surface area contributed by atoms with Crippen molar-refractivity contribution in [3.63, 3.8) is 0 Å². The number of hydrogen-bond acceptors (Lipinski definition) is 2. The third-order valence-corrected chi connectivity index (χ3v) is 5.36. The number of hydrogen-bond donors (Lipinski definition) is 2. The maximum Gasteiger partial charge on any atom is 0.119 e. The summed E-state index contributed by atoms with van der Waals surface area (Å²) >= 11 is 0. The highest BCUT2D eigenvalue weighted by atomic mass is 16.3. The van der Waals surface area contributed by atoms with Crippen LogP contribution in [0, 0.1) is 0 Å². The second-order valence-electron chi connectivity index (χ2n) is 7.42. The molecule has 0 bridgehead atoms. The van der Waals surface area contributed by atoms with E-state index in [1.807, 2.05) is 24.3 Å². The molecule has 0 fully saturated rings. The minimum absolute atomic E-state index is 0.0480. The van der Waals surface area contributed by atoms with Crippen LogP contribution in [0.1, 0.15) is 56.2 Å². The molecule has 0 heterocycles. The SMILES string of the molecule is CCC(C)(C)c1cc(C2=CCC(c3ccc(O)cc3)C=C2)ccc1O. The van der Waals surface area contributed by atoms with Gasteiger partial charge in [0.1, 0.15) is 11.5 Å². The van der Waals surface area contributed by atoms with E-state index < -0.39 is 0 Å². The Labute approximate surface area is 150 Å². The Morgan fingerprint density at radius 2 is 1.76 bits per heavy atom. The van der Waals surface area contributed by atoms with E-state index in [1.54, 1.807) is 12.1 Å². The van der Waals surface area contributed by atoms with Crippen molar-refractivity contribution in [2.45, 2.75) is 44.9 Å². The monoisotopic (exact) mass is 334 g/mol. The van der Waals surface area contributed by atoms with Crippen LogP contribution < -0.4 is 0 Å². The molecule has 0 saturated carbocycles. The molecule has 2 heteroatoms. The predicted octanol–water partition coefficient (Wildman–Crippen LogP) is 5.91. The van der Waals surface area contributed by atoms with E-state index in [9.17, 15) is 10.2 Å². The Balaban J connectivity index is 1.84. The van der Waals surface area contributed by atoms with E-state index in [0.717, 1.165) is 24.0 Å². The van der Waals surface area contributed by atoms with E-state index in [0.29, 0.717) is 17.4 Å². The highest BCUT2D eigenvalue weighted by Crippen LogP contribution is 2.37. The zero-order valence-corrected chi connectivity index (χ0v) is 15.2. The largest absolute Gasteiger partial charge is 0.508 e. The van der Waals surface area contributed by atoms with E-state index in [4.69, 9.17) is 0 Å². The molecule has 2 nitrogen and oxygen atoms in total. The van der Waals surface area contributed by atoms with E-state index in [2.05, 4.69) is 45.1 Å². The maximum atomic E-state index is 10.3. The number of allylic oxidation sites excluding steroid dienone is 4. The van der Waals surface area contributed by atoms with Crippen molar-refractivity contribution in [2.24, 2.45) is 0 Å². The van der Waals surface area contributed by atoms with Gasteiger partial charge in [-0.2, -0.15) is 0 Å². The number of benzene rings is 2. The molecule has 1 atom stereocenters. The van der Waals surface area contributed by atoms with Crippen LogP contribution in [0.5, 0.6) is 11.5 Å². The topological polar surface area (TPSA) is 40.5 Å². The third-order valence-electron chi connectivity index (χ3n) is 5.36. The summed E-state index contributed by atoms with van der Waals surface area (Å²) in [5.74, 6) is 1.01. The molecule has 2 aromatic carbocycles. The lowest BCUT2D eigenvalue weighted by Gasteiger charge is -2.25. The molecule has 0 saturated heterocycles. The minimum Gasteiger partial charge on any atom is -0.508 e. The van der Waals surface area contributed by atoms with Crippen LogP contribution in [-0.2, 0) is 5.41 Å². The van der Waals surface area contributed by atoms with Crippen molar-refractivity contribution in [2.75, 3.05) is 0 Å². The average molecular weight is 334 g/mol. The number of rotatable bonds is 4. The third kappa shape index (κ3) is 3.63. The van der Waals surface area contributed by atoms with Crippen LogP contribution in [0.25, 0.3) is 5.57 Å². The van der Waals surface area contributed by atoms with Crippen LogP contribution in [-0.4, -0.2) is 10.2 Å². The van der Waals surface area contributed by atoms with Crippen molar-refractivity contribution in [1.82, 2.24) is 0 Å². The standard InChI is InChI=1S/C23H26O2/c1-4-23(2,3)21-15-19(11-14-22(21)25)18-7-5-16(6-8-18)17-9-12-20(24)13-10-17/h5,7-16,24-25H,4,6H2,1-3H3. The summed E-state index contributed by atoms with van der Waals surface area (Å²) in [4.78, 5) is 0. The van der Waals surface area contributed by atoms with Crippen molar-refractivity contribution in [3.05, 3.63) is 77.4 Å². The molecule has 0 aliphatic heterocycles. The van der Waals surface area contributed by atoms with E-state index >= 15 is 0 Å². The van der Waals surface area contributed by atoms with Gasteiger partial charge in [0.2, 0.25) is 0 Å². The number of phenols is 2. The van der Waals surface area contributed by atoms with Gasteiger partial charge in [-0.15, -0.1) is 0 Å². The Bertz CT molecular complexity index is 810. The molecule has 0 radical (unpaired) electrons. The summed E-state index contributed by atoms with van der Waals surface area (Å²) in [5, 5.41) is 19.7. The second kappa shape index (κ2) is 6.79. The van der Waals surface area contributed by atoms with Crippen LogP contribution in [0.15, 0.2) is 60.7 Å². The van der Waals surface area contributed by atoms with Gasteiger partial charge in [0.25, 0.3) is 0 Å². The Morgan fingerprint density at radius 1 is 1.04 bits per heavy atom. The van der Waals surface area contributed by atoms with Crippen LogP contribution in [0.2, 0.25) is 0 Å². The first-order chi connectivity index (χ1) is 11.9. The maximum absolute atomic E-state index is 10.3. The van der Waals surface area contributed by atoms with Gasteiger partial charge in [-0.1, -0.05) is 57.2 Å². The molecule has 2 aromatic rings. The van der Waals surface area contributed by atoms with Gasteiger partial charge in [-0.05, 0) is 59.2 Å². The fourth-order valence-electron chi connectivity index (χ4n) is 3.25. The fourth-order valence-corrected chi connectivity index (χ4v) is 3.25. The number of phenolic OH excluding ortho intramolecular Hbond substituents is 2. The zero-order valence-electron chi connectivity index (χ0n) is 15.2. The molecule has 0 spiro atoms. The summed E-state index contributed by atoms with van der Waals surface area (Å²) in [6.45, 7) is 6.48. The van der Waals surface area contributed by atoms with Crippen LogP contribution >= 0.6 is 0 Å². The summed E-state index contributed by atoms with van der Waals surface area (Å²) in [5.41, 5.74) is 4.51. The lowest BCUT2D eigenvalue weighted by molar-refractivity contribution is 0.428. The molecular formula is C23H26O2. The normalized spacial score (nSPS) is 17.4. The van der Waals surface area contributed by atoms with Gasteiger partial charge in [0.05, 0.1) is 0 Å². The van der Waals surface area contributed by atoms with Gasteiger partial charge in [0.15, 0.2) is 0 Å². The summed E-state index contributed by atoms with van der Waals surface area (Å²) in [6, 6.07) is 13.3. The molecule has 25 heavy (non-hydrogen) atoms. The van der Waals surface area contributed by atoms with Crippen molar-refractivity contribution < 1.29 is 10.2 Å². The zero-order chi connectivity index (χ0) is 18.0. The van der Waals surface area contributed by atoms with Crippen molar-refractivity contribution >= 4 is 5.57 Å². The Morgan fingerprint density at radius 3 is 2.36 bits per heavy atom. The van der Waals surface area contributed by atoms with E-state index in [-0.39, 0.29) is 5.41 Å². The van der Waals surface area contributed by atoms with Gasteiger partial charge < -0.3 is 10.2 Å². The first-order valence-electron chi connectivity index (χ1n) is 8.92. The summed E-state index contributed by atoms with van der Waals surface area (Å²) in [6.07, 6.45) is 8.55. The highest BCUT2D eigenvalue weighted by Gasteiger charge is 2.22.